The fraction of sp³-hybridized carbons (Fsp3) is 0.417. The molecule has 0 fully saturated rings. The molecular formula is C24H29ClN6O3. The Morgan fingerprint density at radius 1 is 1.38 bits per heavy atom. The lowest BCUT2D eigenvalue weighted by atomic mass is 10.2. The molecule has 0 atom stereocenters. The van der Waals surface area contributed by atoms with Crippen LogP contribution in [-0.4, -0.2) is 52.1 Å². The van der Waals surface area contributed by atoms with Gasteiger partial charge in [0.2, 0.25) is 5.91 Å². The Balaban J connectivity index is 1.77. The van der Waals surface area contributed by atoms with Gasteiger partial charge in [-0.3, -0.25) is 14.5 Å². The number of anilines is 1. The van der Waals surface area contributed by atoms with Crippen molar-refractivity contribution in [2.24, 2.45) is 0 Å². The largest absolute Gasteiger partial charge is 0.385 e. The molecule has 2 heterocycles. The number of nitrogens with zero attached hydrogens (tertiary/aromatic N) is 4. The first kappa shape index (κ1) is 25.4. The Morgan fingerprint density at radius 3 is 2.82 bits per heavy atom. The van der Waals surface area contributed by atoms with Crippen molar-refractivity contribution >= 4 is 34.2 Å². The van der Waals surface area contributed by atoms with Gasteiger partial charge in [0.05, 0.1) is 29.6 Å². The van der Waals surface area contributed by atoms with Crippen LogP contribution < -0.4 is 10.9 Å². The minimum atomic E-state index is -0.255. The zero-order valence-corrected chi connectivity index (χ0v) is 20.6. The second-order valence-corrected chi connectivity index (χ2v) is 8.51. The number of likely N-dealkylation sites (N-methyl/N-ethyl adjacent to an activating group) is 1. The molecule has 10 heteroatoms. The minimum Gasteiger partial charge on any atom is -0.385 e. The van der Waals surface area contributed by atoms with Crippen LogP contribution in [0.25, 0.3) is 10.9 Å². The van der Waals surface area contributed by atoms with Gasteiger partial charge in [-0.25, -0.2) is 4.98 Å². The van der Waals surface area contributed by atoms with Gasteiger partial charge in [-0.05, 0) is 50.6 Å². The van der Waals surface area contributed by atoms with Gasteiger partial charge in [0, 0.05) is 31.0 Å². The van der Waals surface area contributed by atoms with Crippen molar-refractivity contribution in [3.8, 4) is 6.07 Å². The van der Waals surface area contributed by atoms with Gasteiger partial charge in [-0.15, -0.1) is 0 Å². The first-order valence-electron chi connectivity index (χ1n) is 11.1. The molecule has 34 heavy (non-hydrogen) atoms. The lowest BCUT2D eigenvalue weighted by Crippen LogP contribution is -2.34. The molecule has 0 saturated heterocycles. The Bertz CT molecular complexity index is 1290. The molecule has 0 aliphatic rings. The number of amides is 1. The van der Waals surface area contributed by atoms with Crippen LogP contribution in [-0.2, 0) is 22.6 Å². The molecule has 0 aliphatic carbocycles. The van der Waals surface area contributed by atoms with Crippen molar-refractivity contribution < 1.29 is 9.53 Å². The zero-order chi connectivity index (χ0) is 24.8. The average molecular weight is 485 g/mol. The first-order chi connectivity index (χ1) is 16.3. The summed E-state index contributed by atoms with van der Waals surface area (Å²) in [5.41, 5.74) is 2.50. The van der Waals surface area contributed by atoms with E-state index in [0.717, 1.165) is 17.7 Å². The number of hydrogen-bond donors (Lipinski definition) is 2. The second kappa shape index (κ2) is 11.3. The number of methoxy groups -OCH3 is 1. The molecule has 3 rings (SSSR count). The Kier molecular flexibility index (Phi) is 8.45. The molecule has 0 unspecified atom stereocenters. The van der Waals surface area contributed by atoms with Gasteiger partial charge in [-0.1, -0.05) is 18.5 Å². The van der Waals surface area contributed by atoms with Crippen molar-refractivity contribution in [1.82, 2.24) is 19.4 Å². The molecule has 0 saturated carbocycles. The summed E-state index contributed by atoms with van der Waals surface area (Å²) in [5, 5.41) is 13.6. The fourth-order valence-electron chi connectivity index (χ4n) is 3.88. The Morgan fingerprint density at radius 2 is 2.15 bits per heavy atom. The number of benzene rings is 1. The number of carbonyl (C=O) groups is 1. The normalized spacial score (nSPS) is 11.2. The van der Waals surface area contributed by atoms with Gasteiger partial charge in [-0.2, -0.15) is 5.26 Å². The molecule has 0 radical (unpaired) electrons. The number of fused-ring (bicyclic) bond motifs is 1. The van der Waals surface area contributed by atoms with Crippen LogP contribution in [0.5, 0.6) is 0 Å². The maximum Gasteiger partial charge on any atom is 0.258 e. The quantitative estimate of drug-likeness (QED) is 0.426. The fourth-order valence-corrected chi connectivity index (χ4v) is 4.05. The number of aromatic nitrogens is 3. The van der Waals surface area contributed by atoms with Gasteiger partial charge in [0.25, 0.3) is 5.56 Å². The molecule has 0 aliphatic heterocycles. The van der Waals surface area contributed by atoms with E-state index in [1.807, 2.05) is 30.2 Å². The van der Waals surface area contributed by atoms with Crippen molar-refractivity contribution in [1.29, 1.82) is 5.26 Å². The van der Waals surface area contributed by atoms with E-state index in [-0.39, 0.29) is 24.6 Å². The minimum absolute atomic E-state index is 0.0695. The molecule has 1 amide bonds. The zero-order valence-electron chi connectivity index (χ0n) is 19.9. The van der Waals surface area contributed by atoms with Gasteiger partial charge < -0.3 is 19.6 Å². The van der Waals surface area contributed by atoms with E-state index in [0.29, 0.717) is 52.8 Å². The lowest BCUT2D eigenvalue weighted by Gasteiger charge is -2.20. The summed E-state index contributed by atoms with van der Waals surface area (Å²) in [6.07, 6.45) is 0.755. The van der Waals surface area contributed by atoms with Crippen molar-refractivity contribution in [3.63, 3.8) is 0 Å². The highest BCUT2D eigenvalue weighted by Gasteiger charge is 2.20. The average Bonchev–Trinajstić information content (AvgIpc) is 3.02. The first-order valence-corrected chi connectivity index (χ1v) is 11.5. The van der Waals surface area contributed by atoms with E-state index in [2.05, 4.69) is 21.4 Å². The van der Waals surface area contributed by atoms with E-state index >= 15 is 0 Å². The molecular weight excluding hydrogens is 456 g/mol. The van der Waals surface area contributed by atoms with Crippen molar-refractivity contribution in [2.75, 3.05) is 32.1 Å². The highest BCUT2D eigenvalue weighted by Crippen LogP contribution is 2.26. The summed E-state index contributed by atoms with van der Waals surface area (Å²) in [6, 6.07) is 7.14. The van der Waals surface area contributed by atoms with E-state index in [4.69, 9.17) is 16.3 Å². The standard InChI is InChI=1S/C24H29ClN6O3/c1-5-30(13-21-27-20-11-17(25)7-8-18(20)24(33)28-21)14-22(32)29-23-19(12-26)15(2)16(3)31(23)9-6-10-34-4/h7-8,11H,5-6,9-10,13-14H2,1-4H3,(H,29,32)(H,27,28,33). The molecule has 2 aromatic heterocycles. The third-order valence-electron chi connectivity index (χ3n) is 5.83. The lowest BCUT2D eigenvalue weighted by molar-refractivity contribution is -0.117. The topological polar surface area (TPSA) is 116 Å². The number of halogens is 1. The predicted molar refractivity (Wildman–Crippen MR) is 132 cm³/mol. The predicted octanol–water partition coefficient (Wildman–Crippen LogP) is 3.36. The van der Waals surface area contributed by atoms with Crippen LogP contribution in [0.1, 0.15) is 36.0 Å². The SMILES string of the molecule is CCN(CC(=O)Nc1c(C#N)c(C)c(C)n1CCCOC)Cc1nc2cc(Cl)ccc2c(=O)[nH]1. The molecule has 3 aromatic rings. The third-order valence-corrected chi connectivity index (χ3v) is 6.07. The summed E-state index contributed by atoms with van der Waals surface area (Å²) in [7, 11) is 1.64. The maximum atomic E-state index is 13.0. The number of aromatic amines is 1. The monoisotopic (exact) mass is 484 g/mol. The maximum absolute atomic E-state index is 13.0. The van der Waals surface area contributed by atoms with Crippen LogP contribution in [0.3, 0.4) is 0 Å². The summed E-state index contributed by atoms with van der Waals surface area (Å²) in [5.74, 6) is 0.693. The Labute approximate surface area is 203 Å². The van der Waals surface area contributed by atoms with Crippen LogP contribution in [0, 0.1) is 25.2 Å². The number of nitrogens with one attached hydrogen (secondary N) is 2. The molecule has 180 valence electrons. The van der Waals surface area contributed by atoms with Crippen LogP contribution in [0.2, 0.25) is 5.02 Å². The van der Waals surface area contributed by atoms with Gasteiger partial charge >= 0.3 is 0 Å². The van der Waals surface area contributed by atoms with Gasteiger partial charge in [0.15, 0.2) is 0 Å². The molecule has 1 aromatic carbocycles. The summed E-state index contributed by atoms with van der Waals surface area (Å²) in [6.45, 7) is 7.85. The number of carbonyl (C=O) groups excluding carboxylic acids is 1. The molecule has 9 nitrogen and oxygen atoms in total. The molecule has 0 spiro atoms. The highest BCUT2D eigenvalue weighted by atomic mass is 35.5. The Hall–Kier alpha value is -3.19. The number of ether oxygens (including phenoxy) is 1. The summed E-state index contributed by atoms with van der Waals surface area (Å²) >= 11 is 6.04. The highest BCUT2D eigenvalue weighted by molar-refractivity contribution is 6.31. The smallest absolute Gasteiger partial charge is 0.258 e. The summed E-state index contributed by atoms with van der Waals surface area (Å²) < 4.78 is 7.09. The molecule has 0 bridgehead atoms. The van der Waals surface area contributed by atoms with Gasteiger partial charge in [0.1, 0.15) is 17.7 Å². The third kappa shape index (κ3) is 5.65. The number of H-pyrrole nitrogens is 1. The number of hydrogen-bond acceptors (Lipinski definition) is 6. The summed E-state index contributed by atoms with van der Waals surface area (Å²) in [4.78, 5) is 34.5. The van der Waals surface area contributed by atoms with Crippen molar-refractivity contribution in [2.45, 2.75) is 40.3 Å². The van der Waals surface area contributed by atoms with Crippen LogP contribution in [0.15, 0.2) is 23.0 Å². The number of rotatable bonds is 10. The number of nitriles is 1. The van der Waals surface area contributed by atoms with Crippen molar-refractivity contribution in [3.05, 3.63) is 56.2 Å². The molecule has 2 N–H and O–H groups in total. The van der Waals surface area contributed by atoms with E-state index in [1.54, 1.807) is 25.3 Å². The van der Waals surface area contributed by atoms with E-state index in [1.165, 1.54) is 0 Å². The second-order valence-electron chi connectivity index (χ2n) is 8.07. The van der Waals surface area contributed by atoms with Crippen LogP contribution in [0.4, 0.5) is 5.82 Å². The van der Waals surface area contributed by atoms with E-state index in [9.17, 15) is 14.9 Å². The van der Waals surface area contributed by atoms with E-state index < -0.39 is 0 Å². The van der Waals surface area contributed by atoms with Crippen LogP contribution >= 0.6 is 11.6 Å².